The summed E-state index contributed by atoms with van der Waals surface area (Å²) in [7, 11) is 3.67. The fraction of sp³-hybridized carbons (Fsp3) is 0.696. The van der Waals surface area contributed by atoms with Gasteiger partial charge in [0.2, 0.25) is 5.75 Å². The zero-order chi connectivity index (χ0) is 25.6. The SMILES string of the molecule is COc1cc([C@H](OC)[C@@H](C)C[C@H](OC)[C@@H](C=O)O[Si](C)(C)C(C)(C)C)c(OC)c([N+](=O)[O-])c1. The summed E-state index contributed by atoms with van der Waals surface area (Å²) >= 11 is 0. The quantitative estimate of drug-likeness (QED) is 0.168. The average Bonchev–Trinajstić information content (AvgIpc) is 2.74. The second-order valence-corrected chi connectivity index (χ2v) is 14.4. The van der Waals surface area contributed by atoms with Crippen LogP contribution in [0, 0.1) is 16.0 Å². The van der Waals surface area contributed by atoms with Gasteiger partial charge < -0.3 is 28.2 Å². The van der Waals surface area contributed by atoms with Crippen LogP contribution in [0.1, 0.15) is 45.8 Å². The maximum atomic E-state index is 12.0. The maximum absolute atomic E-state index is 12.0. The molecule has 0 unspecified atom stereocenters. The molecule has 0 bridgehead atoms. The van der Waals surface area contributed by atoms with Crippen LogP contribution in [0.4, 0.5) is 5.69 Å². The van der Waals surface area contributed by atoms with Crippen molar-refractivity contribution in [2.75, 3.05) is 28.4 Å². The van der Waals surface area contributed by atoms with E-state index in [1.807, 2.05) is 6.92 Å². The van der Waals surface area contributed by atoms with Crippen LogP contribution >= 0.6 is 0 Å². The van der Waals surface area contributed by atoms with Gasteiger partial charge in [-0.3, -0.25) is 10.1 Å². The molecule has 0 aliphatic heterocycles. The maximum Gasteiger partial charge on any atom is 0.315 e. The minimum atomic E-state index is -2.22. The fourth-order valence-corrected chi connectivity index (χ4v) is 4.77. The second kappa shape index (κ2) is 11.9. The van der Waals surface area contributed by atoms with Crippen molar-refractivity contribution in [3.8, 4) is 11.5 Å². The topological polar surface area (TPSA) is 106 Å². The molecule has 0 N–H and O–H groups in total. The number of nitro groups is 1. The molecule has 1 aromatic rings. The summed E-state index contributed by atoms with van der Waals surface area (Å²) in [6, 6.07) is 2.98. The van der Waals surface area contributed by atoms with E-state index in [1.165, 1.54) is 27.4 Å². The number of nitro benzene ring substituents is 1. The Morgan fingerprint density at radius 1 is 1.09 bits per heavy atom. The van der Waals surface area contributed by atoms with Crippen LogP contribution in [-0.4, -0.2) is 60.2 Å². The van der Waals surface area contributed by atoms with E-state index in [1.54, 1.807) is 13.2 Å². The molecule has 0 aromatic heterocycles. The van der Waals surface area contributed by atoms with Gasteiger partial charge in [0.05, 0.1) is 37.4 Å². The first-order valence-corrected chi connectivity index (χ1v) is 13.8. The third-order valence-corrected chi connectivity index (χ3v) is 10.9. The fourth-order valence-electron chi connectivity index (χ4n) is 3.52. The largest absolute Gasteiger partial charge is 0.496 e. The number of carbonyl (C=O) groups is 1. The van der Waals surface area contributed by atoms with Crippen LogP contribution in [0.15, 0.2) is 12.1 Å². The van der Waals surface area contributed by atoms with Crippen LogP contribution in [0.2, 0.25) is 18.1 Å². The summed E-state index contributed by atoms with van der Waals surface area (Å²) in [5.41, 5.74) is 0.276. The first-order chi connectivity index (χ1) is 15.3. The molecule has 0 amide bonds. The van der Waals surface area contributed by atoms with Crippen LogP contribution in [-0.2, 0) is 18.7 Å². The van der Waals surface area contributed by atoms with Crippen LogP contribution < -0.4 is 9.47 Å². The lowest BCUT2D eigenvalue weighted by Crippen LogP contribution is -2.48. The zero-order valence-electron chi connectivity index (χ0n) is 21.5. The summed E-state index contributed by atoms with van der Waals surface area (Å²) < 4.78 is 28.4. The molecule has 0 saturated carbocycles. The highest BCUT2D eigenvalue weighted by Gasteiger charge is 2.41. The number of benzene rings is 1. The smallest absolute Gasteiger partial charge is 0.315 e. The van der Waals surface area contributed by atoms with Crippen molar-refractivity contribution in [3.63, 3.8) is 0 Å². The van der Waals surface area contributed by atoms with Crippen LogP contribution in [0.25, 0.3) is 0 Å². The lowest BCUT2D eigenvalue weighted by Gasteiger charge is -2.40. The summed E-state index contributed by atoms with van der Waals surface area (Å²) in [4.78, 5) is 23.1. The molecule has 33 heavy (non-hydrogen) atoms. The number of nitrogens with zero attached hydrogens (tertiary/aromatic N) is 1. The molecule has 10 heteroatoms. The summed E-state index contributed by atoms with van der Waals surface area (Å²) in [6.07, 6.45) is -0.624. The molecule has 1 aromatic carbocycles. The Kier molecular flexibility index (Phi) is 10.5. The normalized spacial score (nSPS) is 15.9. The molecule has 188 valence electrons. The molecular formula is C23H39NO8Si. The van der Waals surface area contributed by atoms with Crippen molar-refractivity contribution < 1.29 is 33.1 Å². The Morgan fingerprint density at radius 3 is 2.09 bits per heavy atom. The molecule has 9 nitrogen and oxygen atoms in total. The molecule has 0 heterocycles. The van der Waals surface area contributed by atoms with Crippen LogP contribution in [0.3, 0.4) is 0 Å². The van der Waals surface area contributed by atoms with E-state index in [0.717, 1.165) is 6.29 Å². The molecule has 0 aliphatic rings. The number of hydrogen-bond donors (Lipinski definition) is 0. The van der Waals surface area contributed by atoms with Gasteiger partial charge in [-0.05, 0) is 36.5 Å². The summed E-state index contributed by atoms with van der Waals surface area (Å²) in [5, 5.41) is 11.5. The molecular weight excluding hydrogens is 446 g/mol. The monoisotopic (exact) mass is 485 g/mol. The van der Waals surface area contributed by atoms with E-state index in [2.05, 4.69) is 33.9 Å². The minimum absolute atomic E-state index is 0.0693. The van der Waals surface area contributed by atoms with Gasteiger partial charge in [0, 0.05) is 19.8 Å². The second-order valence-electron chi connectivity index (χ2n) is 9.65. The number of rotatable bonds is 13. The van der Waals surface area contributed by atoms with E-state index in [4.69, 9.17) is 23.4 Å². The van der Waals surface area contributed by atoms with Gasteiger partial charge in [-0.1, -0.05) is 27.7 Å². The van der Waals surface area contributed by atoms with Gasteiger partial charge in [-0.25, -0.2) is 0 Å². The van der Waals surface area contributed by atoms with Gasteiger partial charge in [0.25, 0.3) is 0 Å². The van der Waals surface area contributed by atoms with Gasteiger partial charge >= 0.3 is 5.69 Å². The third-order valence-electron chi connectivity index (χ3n) is 6.43. The molecule has 0 aliphatic carbocycles. The van der Waals surface area contributed by atoms with Crippen molar-refractivity contribution in [1.82, 2.24) is 0 Å². The predicted molar refractivity (Wildman–Crippen MR) is 129 cm³/mol. The van der Waals surface area contributed by atoms with Crippen molar-refractivity contribution in [2.45, 2.75) is 70.6 Å². The molecule has 4 atom stereocenters. The Morgan fingerprint density at radius 2 is 1.70 bits per heavy atom. The van der Waals surface area contributed by atoms with Gasteiger partial charge in [0.1, 0.15) is 18.1 Å². The summed E-state index contributed by atoms with van der Waals surface area (Å²) in [5.74, 6) is 0.228. The predicted octanol–water partition coefficient (Wildman–Crippen LogP) is 4.93. The Balaban J connectivity index is 3.30. The minimum Gasteiger partial charge on any atom is -0.496 e. The standard InChI is InChI=1S/C23H39NO8Si/c1-15(11-19(29-6)20(14-25)32-33(9,10)23(2,3)4)21(30-7)17-12-16(28-5)13-18(24(26)27)22(17)31-8/h12-15,19-21H,11H2,1-10H3/t15-,19-,20+,21+/m0/s1. The van der Waals surface area contributed by atoms with E-state index < -0.39 is 31.6 Å². The third kappa shape index (κ3) is 6.99. The van der Waals surface area contributed by atoms with E-state index in [0.29, 0.717) is 17.7 Å². The number of carbonyl (C=O) groups excluding carboxylic acids is 1. The lowest BCUT2D eigenvalue weighted by molar-refractivity contribution is -0.385. The Hall–Kier alpha value is -2.01. The van der Waals surface area contributed by atoms with Crippen molar-refractivity contribution in [3.05, 3.63) is 27.8 Å². The number of hydrogen-bond acceptors (Lipinski definition) is 8. The van der Waals surface area contributed by atoms with Gasteiger partial charge in [0.15, 0.2) is 8.32 Å². The van der Waals surface area contributed by atoms with Crippen molar-refractivity contribution in [1.29, 1.82) is 0 Å². The number of methoxy groups -OCH3 is 4. The molecule has 1 rings (SSSR count). The van der Waals surface area contributed by atoms with Crippen LogP contribution in [0.5, 0.6) is 11.5 Å². The van der Waals surface area contributed by atoms with E-state index in [-0.39, 0.29) is 22.4 Å². The van der Waals surface area contributed by atoms with Crippen molar-refractivity contribution in [2.24, 2.45) is 5.92 Å². The highest BCUT2D eigenvalue weighted by Crippen LogP contribution is 2.43. The number of ether oxygens (including phenoxy) is 4. The molecule has 0 fully saturated rings. The Labute approximate surface area is 198 Å². The molecule has 0 spiro atoms. The highest BCUT2D eigenvalue weighted by molar-refractivity contribution is 6.74. The first kappa shape index (κ1) is 29.0. The average molecular weight is 486 g/mol. The number of aldehydes is 1. The first-order valence-electron chi connectivity index (χ1n) is 10.9. The van der Waals surface area contributed by atoms with Gasteiger partial charge in [-0.2, -0.15) is 0 Å². The Bertz CT molecular complexity index is 808. The van der Waals surface area contributed by atoms with Crippen molar-refractivity contribution >= 4 is 20.3 Å². The lowest BCUT2D eigenvalue weighted by atomic mass is 9.89. The summed E-state index contributed by atoms with van der Waals surface area (Å²) in [6.45, 7) is 12.4. The highest BCUT2D eigenvalue weighted by atomic mass is 28.4. The molecule has 0 radical (unpaired) electrons. The van der Waals surface area contributed by atoms with Gasteiger partial charge in [-0.15, -0.1) is 0 Å². The van der Waals surface area contributed by atoms with E-state index in [9.17, 15) is 14.9 Å². The molecule has 0 saturated heterocycles. The van der Waals surface area contributed by atoms with E-state index >= 15 is 0 Å². The zero-order valence-corrected chi connectivity index (χ0v) is 22.5.